The molecule has 2 aromatic rings. The largest absolute Gasteiger partial charge is 0.508 e. The van der Waals surface area contributed by atoms with Crippen molar-refractivity contribution in [2.24, 2.45) is 5.92 Å². The molecule has 0 atom stereocenters. The van der Waals surface area contributed by atoms with Gasteiger partial charge >= 0.3 is 0 Å². The van der Waals surface area contributed by atoms with Gasteiger partial charge in [-0.1, -0.05) is 35.3 Å². The van der Waals surface area contributed by atoms with Crippen LogP contribution in [0.5, 0.6) is 5.75 Å². The van der Waals surface area contributed by atoms with E-state index in [0.717, 1.165) is 12.8 Å². The lowest BCUT2D eigenvalue weighted by Gasteiger charge is -2.37. The van der Waals surface area contributed by atoms with Gasteiger partial charge in [-0.3, -0.25) is 4.79 Å². The molecule has 1 amide bonds. The van der Waals surface area contributed by atoms with Crippen molar-refractivity contribution < 1.29 is 18.3 Å². The second-order valence-corrected chi connectivity index (χ2v) is 11.2. The van der Waals surface area contributed by atoms with Crippen LogP contribution in [0.2, 0.25) is 10.0 Å². The summed E-state index contributed by atoms with van der Waals surface area (Å²) in [5, 5.41) is 9.92. The van der Waals surface area contributed by atoms with Gasteiger partial charge in [-0.15, -0.1) is 0 Å². The number of nitrogens with zero attached hydrogens (tertiary/aromatic N) is 2. The number of carbonyl (C=O) groups is 1. The van der Waals surface area contributed by atoms with E-state index < -0.39 is 10.0 Å². The third-order valence-corrected chi connectivity index (χ3v) is 9.10. The van der Waals surface area contributed by atoms with Crippen LogP contribution in [0.1, 0.15) is 37.2 Å². The van der Waals surface area contributed by atoms with Gasteiger partial charge in [0.15, 0.2) is 0 Å². The lowest BCUT2D eigenvalue weighted by Crippen LogP contribution is -2.46. The number of aromatic hydroxyl groups is 1. The Morgan fingerprint density at radius 2 is 1.53 bits per heavy atom. The molecule has 2 aromatic carbocycles. The number of rotatable bonds is 4. The molecule has 6 nitrogen and oxygen atoms in total. The number of carbonyl (C=O) groups excluding carboxylic acids is 1. The highest BCUT2D eigenvalue weighted by molar-refractivity contribution is 7.89. The molecule has 0 unspecified atom stereocenters. The van der Waals surface area contributed by atoms with Crippen LogP contribution in [0.3, 0.4) is 0 Å². The number of amides is 1. The van der Waals surface area contributed by atoms with Crippen molar-refractivity contribution in [1.82, 2.24) is 9.21 Å². The number of sulfonamides is 1. The maximum Gasteiger partial charge on any atom is 0.244 e. The number of hydrogen-bond acceptors (Lipinski definition) is 4. The number of likely N-dealkylation sites (tertiary alicyclic amines) is 1. The first kappa shape index (κ1) is 23.4. The van der Waals surface area contributed by atoms with E-state index in [0.29, 0.717) is 36.9 Å². The van der Waals surface area contributed by atoms with Crippen molar-refractivity contribution in [2.75, 3.05) is 26.2 Å². The molecule has 2 saturated heterocycles. The Morgan fingerprint density at radius 3 is 2.16 bits per heavy atom. The molecule has 2 fully saturated rings. The Morgan fingerprint density at radius 1 is 0.906 bits per heavy atom. The predicted molar refractivity (Wildman–Crippen MR) is 125 cm³/mol. The summed E-state index contributed by atoms with van der Waals surface area (Å²) in [6, 6.07) is 11.7. The fourth-order valence-electron chi connectivity index (χ4n) is 4.59. The second-order valence-electron chi connectivity index (χ2n) is 8.44. The Kier molecular flexibility index (Phi) is 7.00. The molecule has 0 bridgehead atoms. The minimum atomic E-state index is -3.76. The number of piperidine rings is 2. The predicted octanol–water partition coefficient (Wildman–Crippen LogP) is 4.51. The minimum Gasteiger partial charge on any atom is -0.508 e. The van der Waals surface area contributed by atoms with Gasteiger partial charge in [-0.2, -0.15) is 4.31 Å². The number of benzene rings is 2. The van der Waals surface area contributed by atoms with E-state index in [2.05, 4.69) is 0 Å². The van der Waals surface area contributed by atoms with E-state index in [9.17, 15) is 18.3 Å². The fourth-order valence-corrected chi connectivity index (χ4v) is 6.80. The highest BCUT2D eigenvalue weighted by Gasteiger charge is 2.35. The maximum atomic E-state index is 13.1. The van der Waals surface area contributed by atoms with Gasteiger partial charge in [0.2, 0.25) is 15.9 Å². The summed E-state index contributed by atoms with van der Waals surface area (Å²) < 4.78 is 27.4. The lowest BCUT2D eigenvalue weighted by molar-refractivity contribution is -0.137. The number of halogens is 2. The molecule has 32 heavy (non-hydrogen) atoms. The van der Waals surface area contributed by atoms with Gasteiger partial charge < -0.3 is 10.0 Å². The molecular formula is C23H26Cl2N2O4S. The summed E-state index contributed by atoms with van der Waals surface area (Å²) in [5.74, 6) is 0.593. The molecule has 2 aliphatic heterocycles. The molecule has 0 aliphatic carbocycles. The summed E-state index contributed by atoms with van der Waals surface area (Å²) in [5.41, 5.74) is 1.19. The number of phenols is 1. The van der Waals surface area contributed by atoms with Gasteiger partial charge in [-0.25, -0.2) is 8.42 Å². The van der Waals surface area contributed by atoms with Crippen LogP contribution in [-0.2, 0) is 14.8 Å². The highest BCUT2D eigenvalue weighted by Crippen LogP contribution is 2.33. The molecule has 0 saturated carbocycles. The average Bonchev–Trinajstić information content (AvgIpc) is 2.81. The number of hydrogen-bond donors (Lipinski definition) is 1. The summed E-state index contributed by atoms with van der Waals surface area (Å²) in [7, 11) is -3.76. The van der Waals surface area contributed by atoms with Gasteiger partial charge in [0.25, 0.3) is 0 Å². The van der Waals surface area contributed by atoms with Crippen LogP contribution in [0.4, 0.5) is 0 Å². The van der Waals surface area contributed by atoms with Crippen LogP contribution in [0.25, 0.3) is 0 Å². The Bertz CT molecular complexity index is 1080. The second kappa shape index (κ2) is 9.59. The van der Waals surface area contributed by atoms with Crippen LogP contribution >= 0.6 is 23.2 Å². The normalized spacial score (nSPS) is 19.2. The van der Waals surface area contributed by atoms with E-state index in [4.69, 9.17) is 23.2 Å². The summed E-state index contributed by atoms with van der Waals surface area (Å²) >= 11 is 12.1. The van der Waals surface area contributed by atoms with Gasteiger partial charge in [0.05, 0.1) is 5.02 Å². The van der Waals surface area contributed by atoms with E-state index >= 15 is 0 Å². The van der Waals surface area contributed by atoms with Crippen molar-refractivity contribution in [3.63, 3.8) is 0 Å². The first-order valence-electron chi connectivity index (χ1n) is 10.8. The van der Waals surface area contributed by atoms with Crippen LogP contribution in [0.15, 0.2) is 47.4 Å². The summed E-state index contributed by atoms with van der Waals surface area (Å²) in [4.78, 5) is 15.0. The quantitative estimate of drug-likeness (QED) is 0.675. The minimum absolute atomic E-state index is 0.00717. The molecule has 0 aromatic heterocycles. The van der Waals surface area contributed by atoms with Crippen LogP contribution in [0, 0.1) is 5.92 Å². The molecule has 9 heteroatoms. The summed E-state index contributed by atoms with van der Waals surface area (Å²) in [6.07, 6.45) is 2.76. The zero-order valence-electron chi connectivity index (χ0n) is 17.6. The summed E-state index contributed by atoms with van der Waals surface area (Å²) in [6.45, 7) is 1.96. The Labute approximate surface area is 198 Å². The third-order valence-electron chi connectivity index (χ3n) is 6.49. The maximum absolute atomic E-state index is 13.1. The standard InChI is InChI=1S/C23H26Cl2N2O4S/c24-19-3-6-21(25)22(15-19)32(30,31)27-13-9-18(10-14-27)23(29)26-11-7-17(8-12-26)16-1-4-20(28)5-2-16/h1-6,15,17-18,28H,7-14H2. The zero-order valence-corrected chi connectivity index (χ0v) is 19.9. The van der Waals surface area contributed by atoms with E-state index in [1.165, 1.54) is 22.0 Å². The molecule has 1 N–H and O–H groups in total. The van der Waals surface area contributed by atoms with Gasteiger partial charge in [0.1, 0.15) is 10.6 Å². The molecule has 0 radical (unpaired) electrons. The molecule has 4 rings (SSSR count). The zero-order chi connectivity index (χ0) is 22.9. The smallest absolute Gasteiger partial charge is 0.244 e. The molecular weight excluding hydrogens is 471 g/mol. The first-order chi connectivity index (χ1) is 15.3. The van der Waals surface area contributed by atoms with Crippen molar-refractivity contribution >= 4 is 39.1 Å². The molecule has 0 spiro atoms. The fraction of sp³-hybridized carbons (Fsp3) is 0.435. The van der Waals surface area contributed by atoms with Crippen molar-refractivity contribution in [3.05, 3.63) is 58.1 Å². The monoisotopic (exact) mass is 496 g/mol. The molecule has 172 valence electrons. The number of phenolic OH excluding ortho intramolecular Hbond substituents is 1. The highest BCUT2D eigenvalue weighted by atomic mass is 35.5. The van der Waals surface area contributed by atoms with E-state index in [-0.39, 0.29) is 40.6 Å². The third kappa shape index (κ3) is 4.91. The Hall–Kier alpha value is -1.80. The average molecular weight is 497 g/mol. The first-order valence-corrected chi connectivity index (χ1v) is 13.0. The lowest BCUT2D eigenvalue weighted by atomic mass is 9.88. The van der Waals surface area contributed by atoms with E-state index in [1.807, 2.05) is 17.0 Å². The SMILES string of the molecule is O=C(C1CCN(S(=O)(=O)c2cc(Cl)ccc2Cl)CC1)N1CCC(c2ccc(O)cc2)CC1. The van der Waals surface area contributed by atoms with Crippen molar-refractivity contribution in [2.45, 2.75) is 36.5 Å². The Balaban J connectivity index is 1.33. The molecule has 2 aliphatic rings. The molecule has 2 heterocycles. The van der Waals surface area contributed by atoms with Crippen LogP contribution in [-0.4, -0.2) is 54.8 Å². The van der Waals surface area contributed by atoms with E-state index in [1.54, 1.807) is 18.2 Å². The van der Waals surface area contributed by atoms with Crippen molar-refractivity contribution in [3.8, 4) is 5.75 Å². The van der Waals surface area contributed by atoms with Gasteiger partial charge in [-0.05, 0) is 67.5 Å². The van der Waals surface area contributed by atoms with Gasteiger partial charge in [0, 0.05) is 37.1 Å². The van der Waals surface area contributed by atoms with Crippen LogP contribution < -0.4 is 0 Å². The van der Waals surface area contributed by atoms with Crippen molar-refractivity contribution in [1.29, 1.82) is 0 Å². The topological polar surface area (TPSA) is 77.9 Å².